The van der Waals surface area contributed by atoms with E-state index < -0.39 is 6.10 Å². The first-order valence-electron chi connectivity index (χ1n) is 4.64. The van der Waals surface area contributed by atoms with Gasteiger partial charge in [0.1, 0.15) is 5.75 Å². The zero-order valence-electron chi connectivity index (χ0n) is 8.82. The van der Waals surface area contributed by atoms with Crippen LogP contribution in [0.4, 0.5) is 0 Å². The summed E-state index contributed by atoms with van der Waals surface area (Å²) in [6.07, 6.45) is -0.540. The van der Waals surface area contributed by atoms with Gasteiger partial charge in [-0.05, 0) is 37.1 Å². The summed E-state index contributed by atoms with van der Waals surface area (Å²) in [5.41, 5.74) is 7.84. The zero-order chi connectivity index (χ0) is 10.7. The molecule has 0 spiro atoms. The summed E-state index contributed by atoms with van der Waals surface area (Å²) < 4.78 is 5.09. The minimum Gasteiger partial charge on any atom is -0.497 e. The Kier molecular flexibility index (Phi) is 3.49. The van der Waals surface area contributed by atoms with Crippen LogP contribution in [0.15, 0.2) is 18.2 Å². The van der Waals surface area contributed by atoms with Gasteiger partial charge in [0, 0.05) is 0 Å². The van der Waals surface area contributed by atoms with E-state index in [1.165, 1.54) is 0 Å². The molecule has 0 bridgehead atoms. The van der Waals surface area contributed by atoms with Gasteiger partial charge in [0.25, 0.3) is 0 Å². The van der Waals surface area contributed by atoms with Gasteiger partial charge in [0.2, 0.25) is 0 Å². The van der Waals surface area contributed by atoms with Crippen molar-refractivity contribution >= 4 is 0 Å². The van der Waals surface area contributed by atoms with Crippen LogP contribution in [0.25, 0.3) is 0 Å². The van der Waals surface area contributed by atoms with Crippen molar-refractivity contribution in [3.63, 3.8) is 0 Å². The third kappa shape index (κ3) is 2.25. The summed E-state index contributed by atoms with van der Waals surface area (Å²) in [5.74, 6) is 0.809. The molecule has 0 amide bonds. The highest BCUT2D eigenvalue weighted by atomic mass is 16.5. The molecule has 0 saturated carbocycles. The minimum atomic E-state index is -0.540. The molecule has 78 valence electrons. The van der Waals surface area contributed by atoms with E-state index in [0.717, 1.165) is 16.9 Å². The van der Waals surface area contributed by atoms with Gasteiger partial charge in [-0.15, -0.1) is 0 Å². The molecule has 3 nitrogen and oxygen atoms in total. The average Bonchev–Trinajstić information content (AvgIpc) is 2.16. The number of ether oxygens (including phenoxy) is 1. The van der Waals surface area contributed by atoms with Crippen molar-refractivity contribution in [1.82, 2.24) is 0 Å². The summed E-state index contributed by atoms with van der Waals surface area (Å²) in [7, 11) is 1.63. The molecule has 3 N–H and O–H groups in total. The van der Waals surface area contributed by atoms with E-state index in [4.69, 9.17) is 10.5 Å². The van der Waals surface area contributed by atoms with E-state index in [-0.39, 0.29) is 6.04 Å². The molecule has 0 radical (unpaired) electrons. The number of aliphatic hydroxyl groups is 1. The minimum absolute atomic E-state index is 0.332. The first-order chi connectivity index (χ1) is 6.56. The molecule has 2 atom stereocenters. The lowest BCUT2D eigenvalue weighted by Gasteiger charge is -2.17. The monoisotopic (exact) mass is 195 g/mol. The Morgan fingerprint density at radius 2 is 2.07 bits per heavy atom. The first kappa shape index (κ1) is 11.0. The summed E-state index contributed by atoms with van der Waals surface area (Å²) in [4.78, 5) is 0. The van der Waals surface area contributed by atoms with Crippen LogP contribution in [-0.4, -0.2) is 18.3 Å². The van der Waals surface area contributed by atoms with Crippen molar-refractivity contribution in [2.75, 3.05) is 7.11 Å². The van der Waals surface area contributed by atoms with Gasteiger partial charge >= 0.3 is 0 Å². The number of rotatable bonds is 3. The van der Waals surface area contributed by atoms with Crippen molar-refractivity contribution in [2.45, 2.75) is 26.0 Å². The van der Waals surface area contributed by atoms with Crippen molar-refractivity contribution in [3.8, 4) is 5.75 Å². The Balaban J connectivity index is 2.99. The van der Waals surface area contributed by atoms with Gasteiger partial charge in [-0.2, -0.15) is 0 Å². The zero-order valence-corrected chi connectivity index (χ0v) is 8.82. The number of aliphatic hydroxyl groups excluding tert-OH is 1. The van der Waals surface area contributed by atoms with Crippen LogP contribution in [0.3, 0.4) is 0 Å². The predicted octanol–water partition coefficient (Wildman–Crippen LogP) is 1.38. The molecule has 14 heavy (non-hydrogen) atoms. The quantitative estimate of drug-likeness (QED) is 0.766. The highest BCUT2D eigenvalue weighted by Crippen LogP contribution is 2.22. The number of hydrogen-bond acceptors (Lipinski definition) is 3. The Morgan fingerprint density at radius 1 is 1.43 bits per heavy atom. The smallest absolute Gasteiger partial charge is 0.119 e. The molecule has 0 aliphatic heterocycles. The lowest BCUT2D eigenvalue weighted by Crippen LogP contribution is -2.23. The van der Waals surface area contributed by atoms with Crippen LogP contribution in [0, 0.1) is 6.92 Å². The number of aryl methyl sites for hydroxylation is 1. The van der Waals surface area contributed by atoms with Crippen LogP contribution in [0.2, 0.25) is 0 Å². The molecule has 3 heteroatoms. The predicted molar refractivity (Wildman–Crippen MR) is 56.3 cm³/mol. The van der Waals surface area contributed by atoms with E-state index in [1.807, 2.05) is 25.1 Å². The molecule has 0 fully saturated rings. The fourth-order valence-electron chi connectivity index (χ4n) is 1.41. The highest BCUT2D eigenvalue weighted by Gasteiger charge is 2.14. The van der Waals surface area contributed by atoms with E-state index in [1.54, 1.807) is 14.0 Å². The van der Waals surface area contributed by atoms with Gasteiger partial charge < -0.3 is 15.6 Å². The normalized spacial score (nSPS) is 14.9. The molecule has 0 aliphatic rings. The summed E-state index contributed by atoms with van der Waals surface area (Å²) in [5, 5.41) is 9.37. The fourth-order valence-corrected chi connectivity index (χ4v) is 1.41. The Hall–Kier alpha value is -1.06. The molecule has 1 aromatic carbocycles. The number of benzene rings is 1. The Bertz CT molecular complexity index is 310. The van der Waals surface area contributed by atoms with Crippen molar-refractivity contribution in [1.29, 1.82) is 0 Å². The van der Waals surface area contributed by atoms with Crippen LogP contribution in [-0.2, 0) is 0 Å². The molecule has 0 saturated heterocycles. The van der Waals surface area contributed by atoms with Crippen molar-refractivity contribution in [2.24, 2.45) is 5.73 Å². The van der Waals surface area contributed by atoms with Gasteiger partial charge in [-0.3, -0.25) is 0 Å². The van der Waals surface area contributed by atoms with Gasteiger partial charge in [-0.25, -0.2) is 0 Å². The van der Waals surface area contributed by atoms with E-state index in [0.29, 0.717) is 0 Å². The van der Waals surface area contributed by atoms with Gasteiger partial charge in [0.05, 0.1) is 19.3 Å². The summed E-state index contributed by atoms with van der Waals surface area (Å²) in [6, 6.07) is 5.33. The lowest BCUT2D eigenvalue weighted by atomic mass is 9.98. The highest BCUT2D eigenvalue weighted by molar-refractivity contribution is 5.36. The van der Waals surface area contributed by atoms with E-state index >= 15 is 0 Å². The summed E-state index contributed by atoms with van der Waals surface area (Å²) >= 11 is 0. The standard InChI is InChI=1S/C11H17NO2/c1-7-6-9(14-3)4-5-10(7)11(12)8(2)13/h4-6,8,11,13H,12H2,1-3H3/t8-,11+/m0/s1. The number of methoxy groups -OCH3 is 1. The molecule has 0 unspecified atom stereocenters. The van der Waals surface area contributed by atoms with Gasteiger partial charge in [0.15, 0.2) is 0 Å². The molecule has 0 heterocycles. The molecule has 0 aromatic heterocycles. The SMILES string of the molecule is COc1ccc([C@H](N)[C@H](C)O)c(C)c1. The van der Waals surface area contributed by atoms with Crippen molar-refractivity contribution < 1.29 is 9.84 Å². The third-order valence-corrected chi connectivity index (χ3v) is 2.36. The van der Waals surface area contributed by atoms with Crippen LogP contribution >= 0.6 is 0 Å². The Morgan fingerprint density at radius 3 is 2.50 bits per heavy atom. The lowest BCUT2D eigenvalue weighted by molar-refractivity contribution is 0.164. The summed E-state index contributed by atoms with van der Waals surface area (Å²) in [6.45, 7) is 3.65. The fraction of sp³-hybridized carbons (Fsp3) is 0.455. The number of hydrogen-bond donors (Lipinski definition) is 2. The maximum Gasteiger partial charge on any atom is 0.119 e. The van der Waals surface area contributed by atoms with E-state index in [9.17, 15) is 5.11 Å². The van der Waals surface area contributed by atoms with Crippen molar-refractivity contribution in [3.05, 3.63) is 29.3 Å². The molecule has 1 rings (SSSR count). The second-order valence-corrected chi connectivity index (χ2v) is 3.49. The molecular formula is C11H17NO2. The molecular weight excluding hydrogens is 178 g/mol. The topological polar surface area (TPSA) is 55.5 Å². The van der Waals surface area contributed by atoms with Gasteiger partial charge in [-0.1, -0.05) is 6.07 Å². The van der Waals surface area contributed by atoms with Crippen LogP contribution in [0.5, 0.6) is 5.75 Å². The Labute approximate surface area is 84.5 Å². The molecule has 1 aromatic rings. The second kappa shape index (κ2) is 4.44. The first-order valence-corrected chi connectivity index (χ1v) is 4.64. The molecule has 0 aliphatic carbocycles. The largest absolute Gasteiger partial charge is 0.497 e. The maximum atomic E-state index is 9.37. The van der Waals surface area contributed by atoms with E-state index in [2.05, 4.69) is 0 Å². The van der Waals surface area contributed by atoms with Crippen LogP contribution in [0.1, 0.15) is 24.1 Å². The second-order valence-electron chi connectivity index (χ2n) is 3.49. The number of nitrogens with two attached hydrogens (primary N) is 1. The van der Waals surface area contributed by atoms with Crippen LogP contribution < -0.4 is 10.5 Å². The maximum absolute atomic E-state index is 9.37. The average molecular weight is 195 g/mol. The third-order valence-electron chi connectivity index (χ3n) is 2.36.